The Morgan fingerprint density at radius 3 is 2.54 bits per heavy atom. The van der Waals surface area contributed by atoms with Gasteiger partial charge in [-0.2, -0.15) is 0 Å². The van der Waals surface area contributed by atoms with Crippen LogP contribution in [0.3, 0.4) is 0 Å². The number of amides is 2. The predicted octanol–water partition coefficient (Wildman–Crippen LogP) is 1.22. The molecular formula is C18H34N4O2. The second kappa shape index (κ2) is 9.02. The lowest BCUT2D eigenvalue weighted by Crippen LogP contribution is -2.55. The molecule has 6 nitrogen and oxygen atoms in total. The summed E-state index contributed by atoms with van der Waals surface area (Å²) >= 11 is 0. The van der Waals surface area contributed by atoms with Gasteiger partial charge in [0.1, 0.15) is 0 Å². The number of likely N-dealkylation sites (tertiary alicyclic amines) is 1. The first-order valence-corrected chi connectivity index (χ1v) is 9.83. The third-order valence-electron chi connectivity index (χ3n) is 5.76. The standard InChI is InChI=1S/C18H34N4O2/c1-2-6-20-7-3-16(15-20)14-19-18(23)22-10-8-21(9-11-22)17-4-12-24-13-5-17/h16-17H,2-15H2,1H3,(H,19,23). The number of hydrogen-bond acceptors (Lipinski definition) is 4. The van der Waals surface area contributed by atoms with Crippen molar-refractivity contribution in [3.63, 3.8) is 0 Å². The number of carbonyl (C=O) groups is 1. The van der Waals surface area contributed by atoms with E-state index in [4.69, 9.17) is 4.74 Å². The number of ether oxygens (including phenoxy) is 1. The van der Waals surface area contributed by atoms with Crippen LogP contribution in [0.25, 0.3) is 0 Å². The van der Waals surface area contributed by atoms with Crippen LogP contribution in [0.4, 0.5) is 4.79 Å². The number of hydrogen-bond donors (Lipinski definition) is 1. The Bertz CT molecular complexity index is 392. The minimum atomic E-state index is 0.135. The maximum absolute atomic E-state index is 12.4. The van der Waals surface area contributed by atoms with Gasteiger partial charge in [-0.15, -0.1) is 0 Å². The lowest BCUT2D eigenvalue weighted by molar-refractivity contribution is 0.0187. The summed E-state index contributed by atoms with van der Waals surface area (Å²) in [6, 6.07) is 0.794. The maximum Gasteiger partial charge on any atom is 0.317 e. The van der Waals surface area contributed by atoms with E-state index in [2.05, 4.69) is 22.0 Å². The van der Waals surface area contributed by atoms with E-state index in [1.165, 1.54) is 25.9 Å². The first-order chi connectivity index (χ1) is 11.8. The number of nitrogens with one attached hydrogen (secondary N) is 1. The highest BCUT2D eigenvalue weighted by atomic mass is 16.5. The van der Waals surface area contributed by atoms with Crippen LogP contribution in [-0.2, 0) is 4.74 Å². The van der Waals surface area contributed by atoms with Gasteiger partial charge in [0.05, 0.1) is 0 Å². The molecule has 24 heavy (non-hydrogen) atoms. The van der Waals surface area contributed by atoms with Crippen molar-refractivity contribution in [1.29, 1.82) is 0 Å². The molecule has 2 amide bonds. The number of urea groups is 1. The van der Waals surface area contributed by atoms with Crippen LogP contribution in [-0.4, -0.2) is 92.3 Å². The molecule has 0 aromatic carbocycles. The Morgan fingerprint density at radius 2 is 1.83 bits per heavy atom. The number of nitrogens with zero attached hydrogens (tertiary/aromatic N) is 3. The molecule has 3 aliphatic heterocycles. The van der Waals surface area contributed by atoms with Crippen molar-refractivity contribution < 1.29 is 9.53 Å². The fraction of sp³-hybridized carbons (Fsp3) is 0.944. The average molecular weight is 338 g/mol. The zero-order valence-electron chi connectivity index (χ0n) is 15.2. The number of rotatable bonds is 5. The average Bonchev–Trinajstić information content (AvgIpc) is 3.08. The highest BCUT2D eigenvalue weighted by Crippen LogP contribution is 2.17. The molecule has 0 saturated carbocycles. The third kappa shape index (κ3) is 4.83. The van der Waals surface area contributed by atoms with Crippen molar-refractivity contribution in [2.75, 3.05) is 65.6 Å². The summed E-state index contributed by atoms with van der Waals surface area (Å²) in [7, 11) is 0. The Labute approximate surface area is 146 Å². The minimum absolute atomic E-state index is 0.135. The first-order valence-electron chi connectivity index (χ1n) is 9.83. The second-order valence-corrected chi connectivity index (χ2v) is 7.51. The Balaban J connectivity index is 1.33. The Hall–Kier alpha value is -0.850. The van der Waals surface area contributed by atoms with Crippen molar-refractivity contribution in [2.24, 2.45) is 5.92 Å². The van der Waals surface area contributed by atoms with E-state index in [-0.39, 0.29) is 6.03 Å². The van der Waals surface area contributed by atoms with Gasteiger partial charge in [-0.25, -0.2) is 4.79 Å². The highest BCUT2D eigenvalue weighted by molar-refractivity contribution is 5.74. The molecule has 3 aliphatic rings. The van der Waals surface area contributed by atoms with Gasteiger partial charge in [-0.1, -0.05) is 6.92 Å². The van der Waals surface area contributed by atoms with Gasteiger partial charge < -0.3 is 19.9 Å². The third-order valence-corrected chi connectivity index (χ3v) is 5.76. The molecule has 1 atom stereocenters. The summed E-state index contributed by atoms with van der Waals surface area (Å²) in [5.41, 5.74) is 0. The zero-order valence-corrected chi connectivity index (χ0v) is 15.2. The summed E-state index contributed by atoms with van der Waals surface area (Å²) in [4.78, 5) is 19.5. The smallest absolute Gasteiger partial charge is 0.317 e. The molecule has 0 radical (unpaired) electrons. The zero-order chi connectivity index (χ0) is 16.8. The molecule has 3 rings (SSSR count). The van der Waals surface area contributed by atoms with Crippen molar-refractivity contribution in [3.05, 3.63) is 0 Å². The molecule has 138 valence electrons. The van der Waals surface area contributed by atoms with E-state index in [1.807, 2.05) is 4.90 Å². The molecule has 6 heteroatoms. The van der Waals surface area contributed by atoms with Gasteiger partial charge in [-0.3, -0.25) is 4.90 Å². The maximum atomic E-state index is 12.4. The second-order valence-electron chi connectivity index (χ2n) is 7.51. The topological polar surface area (TPSA) is 48.1 Å². The molecule has 0 aliphatic carbocycles. The van der Waals surface area contributed by atoms with E-state index in [1.54, 1.807) is 0 Å². The van der Waals surface area contributed by atoms with E-state index in [0.29, 0.717) is 12.0 Å². The fourth-order valence-electron chi connectivity index (χ4n) is 4.28. The largest absolute Gasteiger partial charge is 0.381 e. The minimum Gasteiger partial charge on any atom is -0.381 e. The van der Waals surface area contributed by atoms with Crippen LogP contribution < -0.4 is 5.32 Å². The monoisotopic (exact) mass is 338 g/mol. The molecule has 0 bridgehead atoms. The summed E-state index contributed by atoms with van der Waals surface area (Å²) in [5.74, 6) is 0.629. The molecule has 3 fully saturated rings. The number of carbonyl (C=O) groups excluding carboxylic acids is 1. The van der Waals surface area contributed by atoms with Crippen LogP contribution in [0.15, 0.2) is 0 Å². The van der Waals surface area contributed by atoms with E-state index in [0.717, 1.165) is 65.3 Å². The summed E-state index contributed by atoms with van der Waals surface area (Å²) in [6.07, 6.45) is 4.72. The summed E-state index contributed by atoms with van der Waals surface area (Å²) in [6.45, 7) is 12.1. The van der Waals surface area contributed by atoms with Crippen LogP contribution in [0.5, 0.6) is 0 Å². The van der Waals surface area contributed by atoms with Gasteiger partial charge in [0.2, 0.25) is 0 Å². The van der Waals surface area contributed by atoms with Crippen LogP contribution >= 0.6 is 0 Å². The van der Waals surface area contributed by atoms with Crippen molar-refractivity contribution in [1.82, 2.24) is 20.0 Å². The summed E-state index contributed by atoms with van der Waals surface area (Å²) in [5, 5.41) is 3.17. The molecule has 3 heterocycles. The van der Waals surface area contributed by atoms with Crippen molar-refractivity contribution >= 4 is 6.03 Å². The fourth-order valence-corrected chi connectivity index (χ4v) is 4.28. The van der Waals surface area contributed by atoms with Crippen molar-refractivity contribution in [3.8, 4) is 0 Å². The van der Waals surface area contributed by atoms with Crippen molar-refractivity contribution in [2.45, 2.75) is 38.6 Å². The van der Waals surface area contributed by atoms with Crippen LogP contribution in [0.2, 0.25) is 0 Å². The Morgan fingerprint density at radius 1 is 1.08 bits per heavy atom. The lowest BCUT2D eigenvalue weighted by Gasteiger charge is -2.40. The highest BCUT2D eigenvalue weighted by Gasteiger charge is 2.28. The molecule has 1 unspecified atom stereocenters. The van der Waals surface area contributed by atoms with Gasteiger partial charge in [0, 0.05) is 58.5 Å². The number of piperazine rings is 1. The predicted molar refractivity (Wildman–Crippen MR) is 95.2 cm³/mol. The van der Waals surface area contributed by atoms with E-state index in [9.17, 15) is 4.79 Å². The summed E-state index contributed by atoms with van der Waals surface area (Å²) < 4.78 is 5.45. The lowest BCUT2D eigenvalue weighted by atomic mass is 10.1. The van der Waals surface area contributed by atoms with Gasteiger partial charge >= 0.3 is 6.03 Å². The SMILES string of the molecule is CCCN1CCC(CNC(=O)N2CCN(C3CCOCC3)CC2)C1. The molecule has 3 saturated heterocycles. The molecule has 1 N–H and O–H groups in total. The van der Waals surface area contributed by atoms with Gasteiger partial charge in [0.15, 0.2) is 0 Å². The van der Waals surface area contributed by atoms with Gasteiger partial charge in [-0.05, 0) is 44.7 Å². The molecular weight excluding hydrogens is 304 g/mol. The first kappa shape index (κ1) is 18.0. The molecule has 0 spiro atoms. The molecule has 0 aromatic heterocycles. The van der Waals surface area contributed by atoms with E-state index >= 15 is 0 Å². The van der Waals surface area contributed by atoms with Crippen LogP contribution in [0, 0.1) is 5.92 Å². The van der Waals surface area contributed by atoms with Gasteiger partial charge in [0.25, 0.3) is 0 Å². The van der Waals surface area contributed by atoms with E-state index < -0.39 is 0 Å². The quantitative estimate of drug-likeness (QED) is 0.819. The molecule has 0 aromatic rings. The normalized spacial score (nSPS) is 27.5. The Kier molecular flexibility index (Phi) is 6.75. The van der Waals surface area contributed by atoms with Crippen LogP contribution in [0.1, 0.15) is 32.6 Å².